The number of nitrogens with zero attached hydrogens (tertiary/aromatic N) is 1. The van der Waals surface area contributed by atoms with Crippen molar-refractivity contribution in [1.82, 2.24) is 5.32 Å². The molecule has 6 heteroatoms. The fourth-order valence-corrected chi connectivity index (χ4v) is 2.56. The number of rotatable bonds is 7. The molecule has 0 bridgehead atoms. The molecule has 0 spiro atoms. The van der Waals surface area contributed by atoms with Crippen LogP contribution < -0.4 is 16.4 Å². The van der Waals surface area contributed by atoms with E-state index in [-0.39, 0.29) is 11.7 Å². The van der Waals surface area contributed by atoms with Crippen LogP contribution in [0, 0.1) is 0 Å². The Balaban J connectivity index is 1.49. The number of carbonyl (C=O) groups excluding carboxylic acids is 1. The first kappa shape index (κ1) is 18.3. The SMILES string of the molecule is NC(=NCc1cccc(NC(=O)c2ccco2)c1)NCCc1ccccc1. The van der Waals surface area contributed by atoms with Crippen LogP contribution in [0.4, 0.5) is 5.69 Å². The second-order valence-electron chi connectivity index (χ2n) is 6.00. The van der Waals surface area contributed by atoms with E-state index in [1.807, 2.05) is 42.5 Å². The Morgan fingerprint density at radius 1 is 1.00 bits per heavy atom. The molecule has 0 atom stereocenters. The van der Waals surface area contributed by atoms with Gasteiger partial charge in [0.15, 0.2) is 11.7 Å². The number of benzene rings is 2. The molecule has 1 heterocycles. The van der Waals surface area contributed by atoms with Gasteiger partial charge in [0.1, 0.15) is 0 Å². The lowest BCUT2D eigenvalue weighted by Gasteiger charge is -2.07. The molecule has 0 saturated heterocycles. The summed E-state index contributed by atoms with van der Waals surface area (Å²) < 4.78 is 5.09. The summed E-state index contributed by atoms with van der Waals surface area (Å²) in [4.78, 5) is 16.4. The Morgan fingerprint density at radius 3 is 2.59 bits per heavy atom. The molecule has 0 fully saturated rings. The van der Waals surface area contributed by atoms with E-state index >= 15 is 0 Å². The van der Waals surface area contributed by atoms with Gasteiger partial charge >= 0.3 is 0 Å². The Hall–Kier alpha value is -3.54. The predicted octanol–water partition coefficient (Wildman–Crippen LogP) is 3.18. The third-order valence-corrected chi connectivity index (χ3v) is 3.92. The van der Waals surface area contributed by atoms with Crippen LogP contribution in [0.2, 0.25) is 0 Å². The summed E-state index contributed by atoms with van der Waals surface area (Å²) in [5.74, 6) is 0.379. The van der Waals surface area contributed by atoms with E-state index in [4.69, 9.17) is 10.2 Å². The van der Waals surface area contributed by atoms with E-state index in [9.17, 15) is 4.79 Å². The molecule has 0 aliphatic carbocycles. The number of carbonyl (C=O) groups is 1. The minimum atomic E-state index is -0.289. The van der Waals surface area contributed by atoms with Gasteiger partial charge in [0.05, 0.1) is 12.8 Å². The van der Waals surface area contributed by atoms with Gasteiger partial charge < -0.3 is 20.8 Å². The number of nitrogens with two attached hydrogens (primary N) is 1. The molecule has 138 valence electrons. The molecule has 0 saturated carbocycles. The van der Waals surface area contributed by atoms with Crippen LogP contribution in [0.25, 0.3) is 0 Å². The van der Waals surface area contributed by atoms with E-state index in [1.54, 1.807) is 12.1 Å². The van der Waals surface area contributed by atoms with Gasteiger partial charge in [-0.05, 0) is 41.8 Å². The highest BCUT2D eigenvalue weighted by molar-refractivity contribution is 6.02. The van der Waals surface area contributed by atoms with Crippen molar-refractivity contribution in [2.75, 3.05) is 11.9 Å². The van der Waals surface area contributed by atoms with Crippen LogP contribution in [0.5, 0.6) is 0 Å². The van der Waals surface area contributed by atoms with Gasteiger partial charge in [-0.3, -0.25) is 4.79 Å². The van der Waals surface area contributed by atoms with Crippen LogP contribution in [0.3, 0.4) is 0 Å². The van der Waals surface area contributed by atoms with E-state index in [0.717, 1.165) is 18.5 Å². The van der Waals surface area contributed by atoms with Gasteiger partial charge in [0.2, 0.25) is 0 Å². The monoisotopic (exact) mass is 362 g/mol. The van der Waals surface area contributed by atoms with Gasteiger partial charge in [0.25, 0.3) is 5.91 Å². The smallest absolute Gasteiger partial charge is 0.291 e. The van der Waals surface area contributed by atoms with Gasteiger partial charge in [-0.2, -0.15) is 0 Å². The molecule has 0 aliphatic rings. The minimum absolute atomic E-state index is 0.269. The average Bonchev–Trinajstić information content (AvgIpc) is 3.23. The molecule has 6 nitrogen and oxygen atoms in total. The van der Waals surface area contributed by atoms with Crippen molar-refractivity contribution in [3.63, 3.8) is 0 Å². The summed E-state index contributed by atoms with van der Waals surface area (Å²) in [5, 5.41) is 5.91. The number of guanidine groups is 1. The van der Waals surface area contributed by atoms with Crippen molar-refractivity contribution < 1.29 is 9.21 Å². The van der Waals surface area contributed by atoms with Crippen molar-refractivity contribution >= 4 is 17.6 Å². The van der Waals surface area contributed by atoms with E-state index in [1.165, 1.54) is 11.8 Å². The van der Waals surface area contributed by atoms with Crippen molar-refractivity contribution in [3.05, 3.63) is 89.9 Å². The minimum Gasteiger partial charge on any atom is -0.459 e. The summed E-state index contributed by atoms with van der Waals surface area (Å²) in [7, 11) is 0. The molecular formula is C21H22N4O2. The molecular weight excluding hydrogens is 340 g/mol. The lowest BCUT2D eigenvalue weighted by molar-refractivity contribution is 0.0996. The summed E-state index contributed by atoms with van der Waals surface area (Å²) in [6.45, 7) is 1.15. The average molecular weight is 362 g/mol. The van der Waals surface area contributed by atoms with Crippen molar-refractivity contribution in [2.24, 2.45) is 10.7 Å². The Bertz CT molecular complexity index is 890. The van der Waals surface area contributed by atoms with Gasteiger partial charge in [-0.1, -0.05) is 42.5 Å². The normalized spacial score (nSPS) is 11.2. The van der Waals surface area contributed by atoms with Crippen molar-refractivity contribution in [1.29, 1.82) is 0 Å². The lowest BCUT2D eigenvalue weighted by atomic mass is 10.1. The van der Waals surface area contributed by atoms with Crippen molar-refractivity contribution in [2.45, 2.75) is 13.0 Å². The van der Waals surface area contributed by atoms with E-state index < -0.39 is 0 Å². The molecule has 1 amide bonds. The predicted molar refractivity (Wildman–Crippen MR) is 107 cm³/mol. The maximum atomic E-state index is 12.0. The second-order valence-corrected chi connectivity index (χ2v) is 6.00. The summed E-state index contributed by atoms with van der Waals surface area (Å²) in [5.41, 5.74) is 8.80. The summed E-state index contributed by atoms with van der Waals surface area (Å²) in [6, 6.07) is 21.0. The molecule has 0 aliphatic heterocycles. The molecule has 3 rings (SSSR count). The summed E-state index contributed by atoms with van der Waals surface area (Å²) >= 11 is 0. The van der Waals surface area contributed by atoms with Crippen molar-refractivity contribution in [3.8, 4) is 0 Å². The third kappa shape index (κ3) is 5.74. The first-order valence-electron chi connectivity index (χ1n) is 8.72. The lowest BCUT2D eigenvalue weighted by Crippen LogP contribution is -2.33. The second kappa shape index (κ2) is 9.24. The number of anilines is 1. The topological polar surface area (TPSA) is 92.6 Å². The molecule has 27 heavy (non-hydrogen) atoms. The molecule has 4 N–H and O–H groups in total. The number of hydrogen-bond donors (Lipinski definition) is 3. The quantitative estimate of drug-likeness (QED) is 0.445. The van der Waals surface area contributed by atoms with E-state index in [2.05, 4.69) is 27.8 Å². The molecule has 2 aromatic carbocycles. The van der Waals surface area contributed by atoms with Crippen LogP contribution in [0.1, 0.15) is 21.7 Å². The van der Waals surface area contributed by atoms with Crippen LogP contribution in [-0.2, 0) is 13.0 Å². The van der Waals surface area contributed by atoms with Crippen LogP contribution in [0.15, 0.2) is 82.4 Å². The largest absolute Gasteiger partial charge is 0.459 e. The maximum absolute atomic E-state index is 12.0. The standard InChI is InChI=1S/C21H22N4O2/c22-21(23-12-11-16-6-2-1-3-7-16)24-15-17-8-4-9-18(14-17)25-20(26)19-10-5-13-27-19/h1-10,13-14H,11-12,15H2,(H,25,26)(H3,22,23,24). The highest BCUT2D eigenvalue weighted by atomic mass is 16.3. The number of furan rings is 1. The first-order valence-corrected chi connectivity index (χ1v) is 8.72. The Labute approximate surface area is 158 Å². The Morgan fingerprint density at radius 2 is 1.81 bits per heavy atom. The molecule has 0 radical (unpaired) electrons. The van der Waals surface area contributed by atoms with Crippen LogP contribution >= 0.6 is 0 Å². The fourth-order valence-electron chi connectivity index (χ4n) is 2.56. The van der Waals surface area contributed by atoms with Gasteiger partial charge in [0, 0.05) is 12.2 Å². The van der Waals surface area contributed by atoms with Gasteiger partial charge in [-0.15, -0.1) is 0 Å². The molecule has 3 aromatic rings. The molecule has 1 aromatic heterocycles. The number of amides is 1. The highest BCUT2D eigenvalue weighted by Crippen LogP contribution is 2.13. The van der Waals surface area contributed by atoms with E-state index in [0.29, 0.717) is 18.2 Å². The zero-order valence-electron chi connectivity index (χ0n) is 14.9. The maximum Gasteiger partial charge on any atom is 0.291 e. The fraction of sp³-hybridized carbons (Fsp3) is 0.143. The number of nitrogens with one attached hydrogen (secondary N) is 2. The van der Waals surface area contributed by atoms with Crippen LogP contribution in [-0.4, -0.2) is 18.4 Å². The number of aliphatic imine (C=N–C) groups is 1. The highest BCUT2D eigenvalue weighted by Gasteiger charge is 2.08. The Kier molecular flexibility index (Phi) is 6.25. The zero-order valence-corrected chi connectivity index (χ0v) is 14.9. The third-order valence-electron chi connectivity index (χ3n) is 3.92. The zero-order chi connectivity index (χ0) is 18.9. The molecule has 0 unspecified atom stereocenters. The summed E-state index contributed by atoms with van der Waals surface area (Å²) in [6.07, 6.45) is 2.35. The number of hydrogen-bond acceptors (Lipinski definition) is 3. The first-order chi connectivity index (χ1) is 13.2. The van der Waals surface area contributed by atoms with Gasteiger partial charge in [-0.25, -0.2) is 4.99 Å².